The van der Waals surface area contributed by atoms with Crippen LogP contribution < -0.4 is 10.1 Å². The molecule has 0 atom stereocenters. The van der Waals surface area contributed by atoms with Gasteiger partial charge in [0.25, 0.3) is 0 Å². The Hall–Kier alpha value is -1.47. The first kappa shape index (κ1) is 14.9. The molecule has 1 heterocycles. The minimum Gasteiger partial charge on any atom is -0.421 e. The van der Waals surface area contributed by atoms with E-state index in [1.54, 1.807) is 6.07 Å². The summed E-state index contributed by atoms with van der Waals surface area (Å²) in [5, 5.41) is 2.94. The fraction of sp³-hybridized carbons (Fsp3) is 0.250. The molecule has 0 amide bonds. The number of rotatable bonds is 5. The van der Waals surface area contributed by atoms with Crippen molar-refractivity contribution in [3.63, 3.8) is 0 Å². The van der Waals surface area contributed by atoms with Crippen molar-refractivity contribution in [2.45, 2.75) is 13.3 Å². The van der Waals surface area contributed by atoms with Gasteiger partial charge >= 0.3 is 6.01 Å². The Labute approximate surface area is 128 Å². The first-order chi connectivity index (χ1) is 9.58. The number of nitrogens with zero attached hydrogens (tertiary/aromatic N) is 3. The molecule has 0 radical (unpaired) electrons. The van der Waals surface area contributed by atoms with Crippen LogP contribution in [0.4, 0.5) is 10.3 Å². The molecule has 1 aromatic carbocycles. The van der Waals surface area contributed by atoms with Gasteiger partial charge in [-0.05, 0) is 36.2 Å². The fourth-order valence-electron chi connectivity index (χ4n) is 1.35. The summed E-state index contributed by atoms with van der Waals surface area (Å²) in [5.41, 5.74) is 0. The highest BCUT2D eigenvalue weighted by molar-refractivity contribution is 9.10. The SMILES string of the molecule is CCCNc1nc(Cl)nc(Oc2ccc(Br)cc2F)n1. The quantitative estimate of drug-likeness (QED) is 0.871. The average Bonchev–Trinajstić information content (AvgIpc) is 2.39. The number of anilines is 1. The van der Waals surface area contributed by atoms with Gasteiger partial charge in [-0.2, -0.15) is 15.0 Å². The lowest BCUT2D eigenvalue weighted by Gasteiger charge is -2.07. The van der Waals surface area contributed by atoms with E-state index in [9.17, 15) is 4.39 Å². The molecular weight excluding hydrogens is 351 g/mol. The van der Waals surface area contributed by atoms with Crippen molar-refractivity contribution >= 4 is 33.5 Å². The minimum atomic E-state index is -0.529. The lowest BCUT2D eigenvalue weighted by Crippen LogP contribution is -2.06. The third kappa shape index (κ3) is 4.01. The molecule has 0 aliphatic rings. The van der Waals surface area contributed by atoms with Crippen LogP contribution in [0.1, 0.15) is 13.3 Å². The van der Waals surface area contributed by atoms with Crippen molar-refractivity contribution in [3.05, 3.63) is 33.8 Å². The van der Waals surface area contributed by atoms with Gasteiger partial charge in [0, 0.05) is 11.0 Å². The number of hydrogen-bond acceptors (Lipinski definition) is 5. The maximum Gasteiger partial charge on any atom is 0.328 e. The van der Waals surface area contributed by atoms with Crippen LogP contribution in [0.25, 0.3) is 0 Å². The largest absolute Gasteiger partial charge is 0.421 e. The molecule has 1 aromatic heterocycles. The van der Waals surface area contributed by atoms with Gasteiger partial charge < -0.3 is 10.1 Å². The second-order valence-electron chi connectivity index (χ2n) is 3.81. The summed E-state index contributed by atoms with van der Waals surface area (Å²) in [4.78, 5) is 11.7. The van der Waals surface area contributed by atoms with Crippen molar-refractivity contribution in [1.29, 1.82) is 0 Å². The van der Waals surface area contributed by atoms with Crippen LogP contribution in [-0.2, 0) is 0 Å². The molecule has 0 fully saturated rings. The van der Waals surface area contributed by atoms with Gasteiger partial charge in [0.05, 0.1) is 0 Å². The molecule has 5 nitrogen and oxygen atoms in total. The summed E-state index contributed by atoms with van der Waals surface area (Å²) in [7, 11) is 0. The molecule has 0 unspecified atom stereocenters. The zero-order valence-electron chi connectivity index (χ0n) is 10.5. The van der Waals surface area contributed by atoms with Crippen LogP contribution >= 0.6 is 27.5 Å². The van der Waals surface area contributed by atoms with Gasteiger partial charge in [-0.15, -0.1) is 0 Å². The number of aromatic nitrogens is 3. The Kier molecular flexibility index (Phi) is 5.08. The van der Waals surface area contributed by atoms with E-state index in [1.807, 2.05) is 6.92 Å². The molecule has 0 saturated heterocycles. The molecule has 2 rings (SSSR count). The van der Waals surface area contributed by atoms with E-state index in [-0.39, 0.29) is 17.0 Å². The Morgan fingerprint density at radius 1 is 1.35 bits per heavy atom. The lowest BCUT2D eigenvalue weighted by atomic mass is 10.3. The number of nitrogens with one attached hydrogen (secondary N) is 1. The molecule has 20 heavy (non-hydrogen) atoms. The molecule has 2 aromatic rings. The highest BCUT2D eigenvalue weighted by Gasteiger charge is 2.10. The minimum absolute atomic E-state index is 0.0110. The van der Waals surface area contributed by atoms with Gasteiger partial charge in [0.15, 0.2) is 11.6 Å². The zero-order valence-corrected chi connectivity index (χ0v) is 12.9. The second kappa shape index (κ2) is 6.81. The van der Waals surface area contributed by atoms with Crippen molar-refractivity contribution in [2.75, 3.05) is 11.9 Å². The molecule has 1 N–H and O–H groups in total. The van der Waals surface area contributed by atoms with Crippen LogP contribution in [0.3, 0.4) is 0 Å². The average molecular weight is 362 g/mol. The standard InChI is InChI=1S/C12H11BrClFN4O/c1-2-5-16-11-17-10(14)18-12(19-11)20-9-4-3-7(13)6-8(9)15/h3-4,6H,2,5H2,1H3,(H,16,17,18,19). The maximum atomic E-state index is 13.7. The Balaban J connectivity index is 2.21. The van der Waals surface area contributed by atoms with E-state index in [2.05, 4.69) is 36.2 Å². The van der Waals surface area contributed by atoms with Gasteiger partial charge in [-0.25, -0.2) is 4.39 Å². The van der Waals surface area contributed by atoms with Gasteiger partial charge in [0.2, 0.25) is 11.2 Å². The number of ether oxygens (including phenoxy) is 1. The van der Waals surface area contributed by atoms with Gasteiger partial charge in [0.1, 0.15) is 0 Å². The Bertz CT molecular complexity index is 614. The van der Waals surface area contributed by atoms with Gasteiger partial charge in [-0.3, -0.25) is 0 Å². The summed E-state index contributed by atoms with van der Waals surface area (Å²) in [6.45, 7) is 2.69. The fourth-order valence-corrected chi connectivity index (χ4v) is 1.84. The van der Waals surface area contributed by atoms with E-state index < -0.39 is 5.82 Å². The van der Waals surface area contributed by atoms with E-state index in [0.717, 1.165) is 6.42 Å². The third-order valence-electron chi connectivity index (χ3n) is 2.22. The molecule has 0 aliphatic carbocycles. The number of hydrogen-bond donors (Lipinski definition) is 1. The molecule has 0 spiro atoms. The monoisotopic (exact) mass is 360 g/mol. The van der Waals surface area contributed by atoms with Crippen molar-refractivity contribution in [2.24, 2.45) is 0 Å². The van der Waals surface area contributed by atoms with Crippen LogP contribution in [0.5, 0.6) is 11.8 Å². The molecular formula is C12H11BrClFN4O. The predicted molar refractivity (Wildman–Crippen MR) is 77.8 cm³/mol. The highest BCUT2D eigenvalue weighted by Crippen LogP contribution is 2.25. The van der Waals surface area contributed by atoms with Crippen LogP contribution in [0, 0.1) is 5.82 Å². The zero-order chi connectivity index (χ0) is 14.5. The molecule has 106 valence electrons. The number of halogens is 3. The van der Waals surface area contributed by atoms with E-state index in [0.29, 0.717) is 17.0 Å². The van der Waals surface area contributed by atoms with E-state index in [1.165, 1.54) is 12.1 Å². The summed E-state index contributed by atoms with van der Waals surface area (Å²) in [6.07, 6.45) is 0.904. The smallest absolute Gasteiger partial charge is 0.328 e. The molecule has 0 bridgehead atoms. The van der Waals surface area contributed by atoms with Crippen LogP contribution in [0.2, 0.25) is 5.28 Å². The first-order valence-corrected chi connectivity index (χ1v) is 7.04. The van der Waals surface area contributed by atoms with E-state index in [4.69, 9.17) is 16.3 Å². The summed E-state index contributed by atoms with van der Waals surface area (Å²) in [6, 6.07) is 4.34. The van der Waals surface area contributed by atoms with Crippen molar-refractivity contribution in [3.8, 4) is 11.8 Å². The highest BCUT2D eigenvalue weighted by atomic mass is 79.9. The molecule has 0 saturated carbocycles. The van der Waals surface area contributed by atoms with Crippen LogP contribution in [-0.4, -0.2) is 21.5 Å². The normalized spacial score (nSPS) is 10.4. The predicted octanol–water partition coefficient (Wildman–Crippen LogP) is 4.04. The summed E-state index contributed by atoms with van der Waals surface area (Å²) < 4.78 is 19.6. The summed E-state index contributed by atoms with van der Waals surface area (Å²) >= 11 is 8.94. The van der Waals surface area contributed by atoms with E-state index >= 15 is 0 Å². The van der Waals surface area contributed by atoms with Crippen molar-refractivity contribution in [1.82, 2.24) is 15.0 Å². The number of benzene rings is 1. The first-order valence-electron chi connectivity index (χ1n) is 5.87. The Morgan fingerprint density at radius 2 is 2.15 bits per heavy atom. The second-order valence-corrected chi connectivity index (χ2v) is 5.07. The third-order valence-corrected chi connectivity index (χ3v) is 2.88. The maximum absolute atomic E-state index is 13.7. The van der Waals surface area contributed by atoms with Crippen molar-refractivity contribution < 1.29 is 9.13 Å². The molecule has 0 aliphatic heterocycles. The lowest BCUT2D eigenvalue weighted by molar-refractivity contribution is 0.410. The molecule has 8 heteroatoms. The van der Waals surface area contributed by atoms with Crippen LogP contribution in [0.15, 0.2) is 22.7 Å². The summed E-state index contributed by atoms with van der Waals surface area (Å²) in [5.74, 6) is -0.227. The topological polar surface area (TPSA) is 59.9 Å². The Morgan fingerprint density at radius 3 is 2.85 bits per heavy atom. The van der Waals surface area contributed by atoms with Gasteiger partial charge in [-0.1, -0.05) is 22.9 Å².